The average Bonchev–Trinajstić information content (AvgIpc) is 3.15. The lowest BCUT2D eigenvalue weighted by Gasteiger charge is -2.10. The van der Waals surface area contributed by atoms with Gasteiger partial charge in [0.1, 0.15) is 0 Å². The highest BCUT2D eigenvalue weighted by Crippen LogP contribution is 2.30. The van der Waals surface area contributed by atoms with E-state index in [1.807, 2.05) is 54.7 Å². The lowest BCUT2D eigenvalue weighted by Crippen LogP contribution is -2.00. The molecular formula is C41H27N5. The Morgan fingerprint density at radius 1 is 0.326 bits per heavy atom. The average molecular weight is 590 g/mol. The highest BCUT2D eigenvalue weighted by Gasteiger charge is 2.13. The van der Waals surface area contributed by atoms with Gasteiger partial charge in [-0.2, -0.15) is 0 Å². The lowest BCUT2D eigenvalue weighted by molar-refractivity contribution is 1.07. The highest BCUT2D eigenvalue weighted by atomic mass is 15.0. The first-order valence-corrected chi connectivity index (χ1v) is 15.2. The molecule has 5 aromatic carbocycles. The Morgan fingerprint density at radius 2 is 0.783 bits per heavy atom. The van der Waals surface area contributed by atoms with Crippen LogP contribution in [-0.4, -0.2) is 24.9 Å². The molecule has 3 heterocycles. The van der Waals surface area contributed by atoms with E-state index in [0.29, 0.717) is 17.5 Å². The molecule has 0 saturated heterocycles. The lowest BCUT2D eigenvalue weighted by atomic mass is 10.0. The first kappa shape index (κ1) is 27.2. The van der Waals surface area contributed by atoms with Crippen molar-refractivity contribution in [3.8, 4) is 67.7 Å². The van der Waals surface area contributed by atoms with Gasteiger partial charge in [0.25, 0.3) is 0 Å². The molecule has 0 aliphatic carbocycles. The molecule has 5 nitrogen and oxygen atoms in total. The molecule has 0 aliphatic heterocycles. The Bertz CT molecular complexity index is 2270. The van der Waals surface area contributed by atoms with Crippen LogP contribution in [0.15, 0.2) is 164 Å². The largest absolute Gasteiger partial charge is 0.265 e. The molecule has 216 valence electrons. The fraction of sp³-hybridized carbons (Fsp3) is 0. The summed E-state index contributed by atoms with van der Waals surface area (Å²) >= 11 is 0. The molecule has 0 unspecified atom stereocenters. The van der Waals surface area contributed by atoms with Gasteiger partial charge in [0, 0.05) is 46.4 Å². The Hall–Kier alpha value is -6.33. The SMILES string of the molecule is c1ccc(-c2ccc(-c3nc(-c4ccccc4)nc(-c4ccc5cc(-c6ccc(-c7ccncc7)cn6)ccc5c4)n3)cc2)cc1. The van der Waals surface area contributed by atoms with E-state index in [4.69, 9.17) is 19.9 Å². The number of nitrogens with zero attached hydrogens (tertiary/aromatic N) is 5. The van der Waals surface area contributed by atoms with Gasteiger partial charge in [0.05, 0.1) is 5.69 Å². The van der Waals surface area contributed by atoms with Gasteiger partial charge in [-0.15, -0.1) is 0 Å². The van der Waals surface area contributed by atoms with Crippen LogP contribution in [0, 0.1) is 0 Å². The molecule has 0 amide bonds. The second-order valence-electron chi connectivity index (χ2n) is 11.1. The van der Waals surface area contributed by atoms with Gasteiger partial charge in [-0.25, -0.2) is 15.0 Å². The Morgan fingerprint density at radius 3 is 1.41 bits per heavy atom. The minimum atomic E-state index is 0.635. The van der Waals surface area contributed by atoms with Gasteiger partial charge in [-0.1, -0.05) is 115 Å². The molecule has 8 rings (SSSR count). The van der Waals surface area contributed by atoms with Gasteiger partial charge in [-0.3, -0.25) is 9.97 Å². The molecular weight excluding hydrogens is 562 g/mol. The van der Waals surface area contributed by atoms with Crippen LogP contribution in [0.25, 0.3) is 78.4 Å². The van der Waals surface area contributed by atoms with Crippen LogP contribution in [0.4, 0.5) is 0 Å². The van der Waals surface area contributed by atoms with Crippen LogP contribution >= 0.6 is 0 Å². The molecule has 0 fully saturated rings. The van der Waals surface area contributed by atoms with E-state index in [1.165, 1.54) is 5.56 Å². The summed E-state index contributed by atoms with van der Waals surface area (Å²) in [7, 11) is 0. The summed E-state index contributed by atoms with van der Waals surface area (Å²) in [4.78, 5) is 23.7. The van der Waals surface area contributed by atoms with Crippen LogP contribution in [0.5, 0.6) is 0 Å². The third-order valence-corrected chi connectivity index (χ3v) is 8.09. The van der Waals surface area contributed by atoms with Gasteiger partial charge < -0.3 is 0 Å². The molecule has 8 aromatic rings. The number of aromatic nitrogens is 5. The van der Waals surface area contributed by atoms with E-state index in [0.717, 1.165) is 55.4 Å². The second kappa shape index (κ2) is 12.0. The van der Waals surface area contributed by atoms with E-state index in [-0.39, 0.29) is 0 Å². The van der Waals surface area contributed by atoms with Gasteiger partial charge >= 0.3 is 0 Å². The zero-order valence-electron chi connectivity index (χ0n) is 24.8. The van der Waals surface area contributed by atoms with Crippen molar-refractivity contribution in [3.63, 3.8) is 0 Å². The summed E-state index contributed by atoms with van der Waals surface area (Å²) in [5.41, 5.74) is 9.29. The molecule has 0 spiro atoms. The first-order valence-electron chi connectivity index (χ1n) is 15.2. The summed E-state index contributed by atoms with van der Waals surface area (Å²) in [5.74, 6) is 1.92. The second-order valence-corrected chi connectivity index (χ2v) is 11.1. The standard InChI is InChI=1S/C41H27N5/c1-3-7-28(8-4-1)29-11-13-32(14-12-29)40-44-39(31-9-5-2-6-10-31)45-41(46-40)36-18-16-33-25-35(17-15-34(33)26-36)38-20-19-37(27-43-38)30-21-23-42-24-22-30/h1-27H. The van der Waals surface area contributed by atoms with Crippen molar-refractivity contribution < 1.29 is 0 Å². The van der Waals surface area contributed by atoms with E-state index >= 15 is 0 Å². The van der Waals surface area contributed by atoms with Crippen LogP contribution in [-0.2, 0) is 0 Å². The topological polar surface area (TPSA) is 64.5 Å². The number of hydrogen-bond donors (Lipinski definition) is 0. The Labute approximate surface area is 267 Å². The summed E-state index contributed by atoms with van der Waals surface area (Å²) in [6.45, 7) is 0. The fourth-order valence-corrected chi connectivity index (χ4v) is 5.62. The molecule has 0 saturated carbocycles. The van der Waals surface area contributed by atoms with Crippen molar-refractivity contribution in [1.82, 2.24) is 24.9 Å². The maximum atomic E-state index is 4.97. The molecule has 0 bridgehead atoms. The normalized spacial score (nSPS) is 11.0. The van der Waals surface area contributed by atoms with Crippen LogP contribution in [0.3, 0.4) is 0 Å². The van der Waals surface area contributed by atoms with Crippen molar-refractivity contribution in [2.75, 3.05) is 0 Å². The molecule has 0 radical (unpaired) electrons. The van der Waals surface area contributed by atoms with Gasteiger partial charge in [-0.05, 0) is 57.8 Å². The summed E-state index contributed by atoms with van der Waals surface area (Å²) in [6.07, 6.45) is 5.50. The van der Waals surface area contributed by atoms with E-state index in [9.17, 15) is 0 Å². The van der Waals surface area contributed by atoms with Gasteiger partial charge in [0.2, 0.25) is 0 Å². The quantitative estimate of drug-likeness (QED) is 0.193. The maximum absolute atomic E-state index is 4.97. The third kappa shape index (κ3) is 5.53. The molecule has 0 aliphatic rings. The summed E-state index contributed by atoms with van der Waals surface area (Å²) in [5, 5.41) is 2.22. The number of pyridine rings is 2. The van der Waals surface area contributed by atoms with E-state index in [2.05, 4.69) is 102 Å². The van der Waals surface area contributed by atoms with Crippen LogP contribution in [0.1, 0.15) is 0 Å². The monoisotopic (exact) mass is 589 g/mol. The number of benzene rings is 5. The third-order valence-electron chi connectivity index (χ3n) is 8.09. The number of fused-ring (bicyclic) bond motifs is 1. The van der Waals surface area contributed by atoms with E-state index in [1.54, 1.807) is 12.4 Å². The molecule has 0 N–H and O–H groups in total. The maximum Gasteiger partial charge on any atom is 0.164 e. The van der Waals surface area contributed by atoms with Crippen molar-refractivity contribution in [1.29, 1.82) is 0 Å². The molecule has 46 heavy (non-hydrogen) atoms. The first-order chi connectivity index (χ1) is 22.8. The molecule has 0 atom stereocenters. The van der Waals surface area contributed by atoms with Crippen LogP contribution in [0.2, 0.25) is 0 Å². The summed E-state index contributed by atoms with van der Waals surface area (Å²) < 4.78 is 0. The van der Waals surface area contributed by atoms with Crippen molar-refractivity contribution in [3.05, 3.63) is 164 Å². The van der Waals surface area contributed by atoms with Gasteiger partial charge in [0.15, 0.2) is 17.5 Å². The minimum Gasteiger partial charge on any atom is -0.265 e. The highest BCUT2D eigenvalue weighted by molar-refractivity contribution is 5.90. The van der Waals surface area contributed by atoms with E-state index < -0.39 is 0 Å². The minimum absolute atomic E-state index is 0.635. The summed E-state index contributed by atoms with van der Waals surface area (Å²) in [6, 6.07) is 49.7. The Balaban J connectivity index is 1.14. The predicted molar refractivity (Wildman–Crippen MR) is 186 cm³/mol. The predicted octanol–water partition coefficient (Wildman–Crippen LogP) is 9.82. The van der Waals surface area contributed by atoms with Crippen molar-refractivity contribution >= 4 is 10.8 Å². The molecule has 3 aromatic heterocycles. The van der Waals surface area contributed by atoms with Crippen molar-refractivity contribution in [2.24, 2.45) is 0 Å². The van der Waals surface area contributed by atoms with Crippen LogP contribution < -0.4 is 0 Å². The zero-order valence-corrected chi connectivity index (χ0v) is 24.8. The number of rotatable bonds is 6. The molecule has 5 heteroatoms. The Kier molecular flexibility index (Phi) is 7.09. The zero-order chi connectivity index (χ0) is 30.7. The smallest absolute Gasteiger partial charge is 0.164 e. The fourth-order valence-electron chi connectivity index (χ4n) is 5.62. The van der Waals surface area contributed by atoms with Crippen molar-refractivity contribution in [2.45, 2.75) is 0 Å². The number of hydrogen-bond acceptors (Lipinski definition) is 5.